The first-order valence-electron chi connectivity index (χ1n) is 5.06. The van der Waals surface area contributed by atoms with Gasteiger partial charge in [0.15, 0.2) is 0 Å². The molecule has 0 aromatic carbocycles. The quantitative estimate of drug-likeness (QED) is 0.714. The summed E-state index contributed by atoms with van der Waals surface area (Å²) < 4.78 is 24.8. The van der Waals surface area contributed by atoms with E-state index < -0.39 is 16.0 Å². The summed E-state index contributed by atoms with van der Waals surface area (Å²) in [5.74, 6) is -1.40. The van der Waals surface area contributed by atoms with Crippen molar-refractivity contribution in [1.29, 1.82) is 0 Å². The molecule has 0 fully saturated rings. The number of carboxylic acids is 1. The molecule has 0 saturated carbocycles. The van der Waals surface area contributed by atoms with Gasteiger partial charge in [-0.05, 0) is 13.3 Å². The van der Waals surface area contributed by atoms with Crippen molar-refractivity contribution in [1.82, 2.24) is 4.31 Å². The number of sulfonamides is 1. The molecule has 0 saturated heterocycles. The molecule has 0 bridgehead atoms. The molecule has 0 radical (unpaired) electrons. The number of carboxylic acid groups (broad SMARTS) is 1. The average molecular weight is 237 g/mol. The lowest BCUT2D eigenvalue weighted by Crippen LogP contribution is -2.39. The summed E-state index contributed by atoms with van der Waals surface area (Å²) in [6, 6.07) is -0.0752. The van der Waals surface area contributed by atoms with Gasteiger partial charge in [-0.1, -0.05) is 13.8 Å². The average Bonchev–Trinajstić information content (AvgIpc) is 2.15. The third kappa shape index (κ3) is 4.61. The minimum absolute atomic E-state index is 0.0752. The SMILES string of the molecule is CCC(C)N(CC)S(=O)(=O)CCC(=O)O. The lowest BCUT2D eigenvalue weighted by atomic mass is 10.3. The van der Waals surface area contributed by atoms with Crippen molar-refractivity contribution in [2.45, 2.75) is 39.7 Å². The van der Waals surface area contributed by atoms with Crippen LogP contribution in [0.15, 0.2) is 0 Å². The molecule has 0 heterocycles. The Kier molecular flexibility index (Phi) is 5.82. The van der Waals surface area contributed by atoms with Gasteiger partial charge >= 0.3 is 5.97 Å². The van der Waals surface area contributed by atoms with Crippen molar-refractivity contribution in [3.8, 4) is 0 Å². The summed E-state index contributed by atoms with van der Waals surface area (Å²) in [5, 5.41) is 8.44. The molecule has 1 atom stereocenters. The fourth-order valence-electron chi connectivity index (χ4n) is 1.32. The molecule has 1 N–H and O–H groups in total. The third-order valence-electron chi connectivity index (χ3n) is 2.33. The predicted octanol–water partition coefficient (Wildman–Crippen LogP) is 0.911. The third-order valence-corrected chi connectivity index (χ3v) is 4.38. The minimum Gasteiger partial charge on any atom is -0.481 e. The van der Waals surface area contributed by atoms with Gasteiger partial charge in [-0.25, -0.2) is 8.42 Å². The minimum atomic E-state index is -3.43. The van der Waals surface area contributed by atoms with Crippen LogP contribution in [-0.4, -0.2) is 42.1 Å². The molecule has 0 rings (SSSR count). The maximum absolute atomic E-state index is 11.7. The number of hydrogen-bond acceptors (Lipinski definition) is 3. The van der Waals surface area contributed by atoms with Gasteiger partial charge in [-0.15, -0.1) is 0 Å². The van der Waals surface area contributed by atoms with Crippen LogP contribution >= 0.6 is 0 Å². The Morgan fingerprint density at radius 1 is 1.40 bits per heavy atom. The maximum atomic E-state index is 11.7. The fourth-order valence-corrected chi connectivity index (χ4v) is 3.08. The van der Waals surface area contributed by atoms with E-state index in [0.29, 0.717) is 6.54 Å². The van der Waals surface area contributed by atoms with Crippen molar-refractivity contribution in [2.24, 2.45) is 0 Å². The van der Waals surface area contributed by atoms with Gasteiger partial charge in [0.05, 0.1) is 12.2 Å². The summed E-state index contributed by atoms with van der Waals surface area (Å²) in [5.41, 5.74) is 0. The first-order valence-corrected chi connectivity index (χ1v) is 6.67. The topological polar surface area (TPSA) is 74.7 Å². The van der Waals surface area contributed by atoms with Gasteiger partial charge in [0.25, 0.3) is 0 Å². The van der Waals surface area contributed by atoms with Crippen molar-refractivity contribution in [3.63, 3.8) is 0 Å². The predicted molar refractivity (Wildman–Crippen MR) is 58.2 cm³/mol. The molecule has 0 aliphatic carbocycles. The smallest absolute Gasteiger partial charge is 0.304 e. The second-order valence-electron chi connectivity index (χ2n) is 3.42. The van der Waals surface area contributed by atoms with E-state index in [1.165, 1.54) is 4.31 Å². The lowest BCUT2D eigenvalue weighted by Gasteiger charge is -2.25. The second kappa shape index (κ2) is 6.07. The molecule has 6 heteroatoms. The maximum Gasteiger partial charge on any atom is 0.304 e. The number of nitrogens with zero attached hydrogens (tertiary/aromatic N) is 1. The van der Waals surface area contributed by atoms with Crippen molar-refractivity contribution >= 4 is 16.0 Å². The Morgan fingerprint density at radius 2 is 1.93 bits per heavy atom. The Labute approximate surface area is 91.1 Å². The zero-order chi connectivity index (χ0) is 12.1. The molecule has 5 nitrogen and oxygen atoms in total. The molecule has 0 spiro atoms. The van der Waals surface area contributed by atoms with Crippen LogP contribution in [0.5, 0.6) is 0 Å². The van der Waals surface area contributed by atoms with E-state index in [9.17, 15) is 13.2 Å². The fraction of sp³-hybridized carbons (Fsp3) is 0.889. The molecule has 0 aliphatic rings. The van der Waals surface area contributed by atoms with Gasteiger partial charge in [0.2, 0.25) is 10.0 Å². The molecule has 0 aromatic rings. The highest BCUT2D eigenvalue weighted by atomic mass is 32.2. The van der Waals surface area contributed by atoms with Crippen LogP contribution in [0.4, 0.5) is 0 Å². The van der Waals surface area contributed by atoms with Crippen molar-refractivity contribution in [2.75, 3.05) is 12.3 Å². The second-order valence-corrected chi connectivity index (χ2v) is 5.46. The zero-order valence-corrected chi connectivity index (χ0v) is 10.2. The monoisotopic (exact) mass is 237 g/mol. The zero-order valence-electron chi connectivity index (χ0n) is 9.43. The van der Waals surface area contributed by atoms with Crippen molar-refractivity contribution < 1.29 is 18.3 Å². The Morgan fingerprint density at radius 3 is 2.27 bits per heavy atom. The van der Waals surface area contributed by atoms with E-state index in [4.69, 9.17) is 5.11 Å². The first-order chi connectivity index (χ1) is 6.85. The summed E-state index contributed by atoms with van der Waals surface area (Å²) in [4.78, 5) is 10.3. The largest absolute Gasteiger partial charge is 0.481 e. The first kappa shape index (κ1) is 14.4. The molecular formula is C9H19NO4S. The molecule has 15 heavy (non-hydrogen) atoms. The molecule has 0 aromatic heterocycles. The van der Waals surface area contributed by atoms with E-state index in [-0.39, 0.29) is 18.2 Å². The standard InChI is InChI=1S/C9H19NO4S/c1-4-8(3)10(5-2)15(13,14)7-6-9(11)12/h8H,4-7H2,1-3H3,(H,11,12). The molecule has 90 valence electrons. The van der Waals surface area contributed by atoms with Gasteiger partial charge in [0, 0.05) is 12.6 Å². The highest BCUT2D eigenvalue weighted by Gasteiger charge is 2.25. The lowest BCUT2D eigenvalue weighted by molar-refractivity contribution is -0.136. The van der Waals surface area contributed by atoms with Gasteiger partial charge < -0.3 is 5.11 Å². The van der Waals surface area contributed by atoms with Crippen LogP contribution in [0.1, 0.15) is 33.6 Å². The number of hydrogen-bond donors (Lipinski definition) is 1. The molecule has 0 aliphatic heterocycles. The van der Waals surface area contributed by atoms with Crippen LogP contribution in [0.2, 0.25) is 0 Å². The highest BCUT2D eigenvalue weighted by molar-refractivity contribution is 7.89. The normalized spacial score (nSPS) is 14.1. The Hall–Kier alpha value is -0.620. The van der Waals surface area contributed by atoms with Crippen LogP contribution in [0.3, 0.4) is 0 Å². The van der Waals surface area contributed by atoms with Crippen molar-refractivity contribution in [3.05, 3.63) is 0 Å². The van der Waals surface area contributed by atoms with E-state index in [1.807, 2.05) is 13.8 Å². The molecule has 0 amide bonds. The highest BCUT2D eigenvalue weighted by Crippen LogP contribution is 2.11. The van der Waals surface area contributed by atoms with Crippen LogP contribution in [0, 0.1) is 0 Å². The molecular weight excluding hydrogens is 218 g/mol. The van der Waals surface area contributed by atoms with E-state index in [0.717, 1.165) is 6.42 Å². The van der Waals surface area contributed by atoms with Gasteiger partial charge in [0.1, 0.15) is 0 Å². The Bertz CT molecular complexity index is 299. The van der Waals surface area contributed by atoms with Crippen LogP contribution < -0.4 is 0 Å². The summed E-state index contributed by atoms with van der Waals surface area (Å²) in [6.45, 7) is 5.86. The Balaban J connectivity index is 4.59. The summed E-state index contributed by atoms with van der Waals surface area (Å²) in [6.07, 6.45) is 0.384. The van der Waals surface area contributed by atoms with Gasteiger partial charge in [-0.2, -0.15) is 4.31 Å². The summed E-state index contributed by atoms with van der Waals surface area (Å²) in [7, 11) is -3.43. The number of carbonyl (C=O) groups is 1. The van der Waals surface area contributed by atoms with Crippen LogP contribution in [0.25, 0.3) is 0 Å². The summed E-state index contributed by atoms with van der Waals surface area (Å²) >= 11 is 0. The van der Waals surface area contributed by atoms with E-state index in [1.54, 1.807) is 6.92 Å². The van der Waals surface area contributed by atoms with Gasteiger partial charge in [-0.3, -0.25) is 4.79 Å². The number of rotatable bonds is 7. The van der Waals surface area contributed by atoms with Crippen LogP contribution in [-0.2, 0) is 14.8 Å². The number of aliphatic carboxylic acids is 1. The van der Waals surface area contributed by atoms with E-state index >= 15 is 0 Å². The van der Waals surface area contributed by atoms with E-state index in [2.05, 4.69) is 0 Å². The molecule has 1 unspecified atom stereocenters.